The van der Waals surface area contributed by atoms with Crippen LogP contribution in [-0.4, -0.2) is 22.6 Å². The second-order valence-corrected chi connectivity index (χ2v) is 6.27. The number of halogens is 1. The highest BCUT2D eigenvalue weighted by molar-refractivity contribution is 6.33. The Labute approximate surface area is 155 Å². The first-order valence-corrected chi connectivity index (χ1v) is 8.45. The molecule has 1 amide bonds. The van der Waals surface area contributed by atoms with Gasteiger partial charge in [0, 0.05) is 19.0 Å². The minimum atomic E-state index is -0.242. The second-order valence-electron chi connectivity index (χ2n) is 5.86. The van der Waals surface area contributed by atoms with Crippen molar-refractivity contribution in [2.75, 3.05) is 12.4 Å². The third-order valence-corrected chi connectivity index (χ3v) is 4.40. The van der Waals surface area contributed by atoms with Crippen LogP contribution in [0.25, 0.3) is 10.9 Å². The minimum absolute atomic E-state index is 0.126. The molecule has 0 atom stereocenters. The third-order valence-electron chi connectivity index (χ3n) is 4.09. The van der Waals surface area contributed by atoms with Crippen LogP contribution in [0.5, 0.6) is 5.75 Å². The lowest BCUT2D eigenvalue weighted by Gasteiger charge is -2.10. The molecule has 0 radical (unpaired) electrons. The number of aryl methyl sites for hydroxylation is 2. The Morgan fingerprint density at radius 3 is 2.85 bits per heavy atom. The highest BCUT2D eigenvalue weighted by Crippen LogP contribution is 2.26. The average molecular weight is 372 g/mol. The lowest BCUT2D eigenvalue weighted by molar-refractivity contribution is -0.116. The summed E-state index contributed by atoms with van der Waals surface area (Å²) in [6.45, 7) is 2.14. The number of methoxy groups -OCH3 is 1. The zero-order valence-corrected chi connectivity index (χ0v) is 15.2. The first kappa shape index (κ1) is 17.9. The Kier molecular flexibility index (Phi) is 5.23. The van der Waals surface area contributed by atoms with Gasteiger partial charge in [0.15, 0.2) is 0 Å². The molecule has 0 aliphatic rings. The summed E-state index contributed by atoms with van der Waals surface area (Å²) in [4.78, 5) is 29.1. The molecule has 3 aromatic rings. The molecule has 2 aromatic carbocycles. The average Bonchev–Trinajstić information content (AvgIpc) is 2.63. The summed E-state index contributed by atoms with van der Waals surface area (Å²) in [5.41, 5.74) is 1.97. The van der Waals surface area contributed by atoms with E-state index in [0.717, 1.165) is 5.56 Å². The van der Waals surface area contributed by atoms with E-state index in [1.54, 1.807) is 31.4 Å². The van der Waals surface area contributed by atoms with Crippen molar-refractivity contribution in [2.45, 2.75) is 19.9 Å². The van der Waals surface area contributed by atoms with E-state index in [9.17, 15) is 9.59 Å². The van der Waals surface area contributed by atoms with Crippen molar-refractivity contribution in [2.24, 2.45) is 0 Å². The fourth-order valence-electron chi connectivity index (χ4n) is 2.66. The van der Waals surface area contributed by atoms with E-state index in [1.165, 1.54) is 10.9 Å². The Balaban J connectivity index is 1.71. The lowest BCUT2D eigenvalue weighted by atomic mass is 10.1. The van der Waals surface area contributed by atoms with E-state index in [4.69, 9.17) is 16.3 Å². The Hall–Kier alpha value is -2.86. The molecule has 6 nitrogen and oxygen atoms in total. The molecule has 0 saturated heterocycles. The number of ether oxygens (including phenoxy) is 1. The van der Waals surface area contributed by atoms with Gasteiger partial charge < -0.3 is 10.1 Å². The number of rotatable bonds is 5. The molecule has 0 fully saturated rings. The number of carbonyl (C=O) groups excluding carboxylic acids is 1. The zero-order chi connectivity index (χ0) is 18.7. The van der Waals surface area contributed by atoms with Gasteiger partial charge in [-0.2, -0.15) is 0 Å². The second kappa shape index (κ2) is 7.58. The number of aromatic nitrogens is 2. The van der Waals surface area contributed by atoms with Crippen molar-refractivity contribution in [3.63, 3.8) is 0 Å². The lowest BCUT2D eigenvalue weighted by Crippen LogP contribution is -2.24. The molecule has 26 heavy (non-hydrogen) atoms. The Bertz CT molecular complexity index is 1030. The van der Waals surface area contributed by atoms with E-state index in [0.29, 0.717) is 27.4 Å². The van der Waals surface area contributed by atoms with Crippen LogP contribution in [-0.2, 0) is 11.3 Å². The smallest absolute Gasteiger partial charge is 0.261 e. The van der Waals surface area contributed by atoms with Crippen LogP contribution < -0.4 is 15.6 Å². The first-order valence-electron chi connectivity index (χ1n) is 8.08. The number of nitrogens with zero attached hydrogens (tertiary/aromatic N) is 2. The number of amides is 1. The fraction of sp³-hybridized carbons (Fsp3) is 0.211. The van der Waals surface area contributed by atoms with Gasteiger partial charge in [0.1, 0.15) is 5.75 Å². The molecule has 1 heterocycles. The van der Waals surface area contributed by atoms with Crippen molar-refractivity contribution >= 4 is 34.1 Å². The maximum atomic E-state index is 12.5. The maximum absolute atomic E-state index is 12.5. The SMILES string of the molecule is COc1ccc(NC(=O)CCn2cnc3c(C)cccc3c2=O)c(Cl)c1. The van der Waals surface area contributed by atoms with E-state index in [1.807, 2.05) is 19.1 Å². The summed E-state index contributed by atoms with van der Waals surface area (Å²) >= 11 is 6.11. The molecule has 0 aliphatic carbocycles. The molecule has 3 rings (SSSR count). The topological polar surface area (TPSA) is 73.2 Å². The van der Waals surface area contributed by atoms with Crippen LogP contribution >= 0.6 is 11.6 Å². The predicted molar refractivity (Wildman–Crippen MR) is 102 cm³/mol. The molecular formula is C19H18ClN3O3. The van der Waals surface area contributed by atoms with Crippen molar-refractivity contribution in [3.05, 3.63) is 63.7 Å². The number of para-hydroxylation sites is 1. The molecule has 0 unspecified atom stereocenters. The van der Waals surface area contributed by atoms with E-state index < -0.39 is 0 Å². The predicted octanol–water partition coefficient (Wildman–Crippen LogP) is 3.40. The molecule has 1 N–H and O–H groups in total. The van der Waals surface area contributed by atoms with Gasteiger partial charge in [-0.3, -0.25) is 14.2 Å². The van der Waals surface area contributed by atoms with Crippen molar-refractivity contribution in [3.8, 4) is 5.75 Å². The molecule has 0 aliphatic heterocycles. The monoisotopic (exact) mass is 371 g/mol. The number of carbonyl (C=O) groups is 1. The summed E-state index contributed by atoms with van der Waals surface area (Å²) in [5, 5.41) is 3.67. The summed E-state index contributed by atoms with van der Waals surface area (Å²) in [6, 6.07) is 10.5. The van der Waals surface area contributed by atoms with Gasteiger partial charge in [-0.05, 0) is 30.7 Å². The Morgan fingerprint density at radius 2 is 2.12 bits per heavy atom. The quantitative estimate of drug-likeness (QED) is 0.746. The van der Waals surface area contributed by atoms with Crippen LogP contribution in [0.15, 0.2) is 47.5 Å². The summed E-state index contributed by atoms with van der Waals surface area (Å²) < 4.78 is 6.52. The standard InChI is InChI=1S/C19H18ClN3O3/c1-12-4-3-5-14-18(12)21-11-23(19(14)25)9-8-17(24)22-16-7-6-13(26-2)10-15(16)20/h3-7,10-11H,8-9H2,1-2H3,(H,22,24). The van der Waals surface area contributed by atoms with Crippen molar-refractivity contribution in [1.82, 2.24) is 9.55 Å². The molecular weight excluding hydrogens is 354 g/mol. The fourth-order valence-corrected chi connectivity index (χ4v) is 2.87. The van der Waals surface area contributed by atoms with Gasteiger partial charge in [-0.1, -0.05) is 23.7 Å². The first-order chi connectivity index (χ1) is 12.5. The molecule has 0 spiro atoms. The zero-order valence-electron chi connectivity index (χ0n) is 14.5. The molecule has 0 saturated carbocycles. The summed E-state index contributed by atoms with van der Waals surface area (Å²) in [6.07, 6.45) is 1.60. The van der Waals surface area contributed by atoms with Crippen LogP contribution in [0.4, 0.5) is 5.69 Å². The minimum Gasteiger partial charge on any atom is -0.497 e. The number of anilines is 1. The number of nitrogens with one attached hydrogen (secondary N) is 1. The van der Waals surface area contributed by atoms with Gasteiger partial charge in [0.05, 0.1) is 35.1 Å². The summed E-state index contributed by atoms with van der Waals surface area (Å²) in [7, 11) is 1.54. The van der Waals surface area contributed by atoms with Crippen LogP contribution in [0.3, 0.4) is 0 Å². The van der Waals surface area contributed by atoms with Crippen LogP contribution in [0, 0.1) is 6.92 Å². The number of benzene rings is 2. The maximum Gasteiger partial charge on any atom is 0.261 e. The largest absolute Gasteiger partial charge is 0.497 e. The van der Waals surface area contributed by atoms with Crippen molar-refractivity contribution < 1.29 is 9.53 Å². The van der Waals surface area contributed by atoms with Crippen molar-refractivity contribution in [1.29, 1.82) is 0 Å². The molecule has 1 aromatic heterocycles. The van der Waals surface area contributed by atoms with Crippen LogP contribution in [0.1, 0.15) is 12.0 Å². The van der Waals surface area contributed by atoms with Gasteiger partial charge in [-0.15, -0.1) is 0 Å². The van der Waals surface area contributed by atoms with Gasteiger partial charge in [-0.25, -0.2) is 4.98 Å². The van der Waals surface area contributed by atoms with Crippen LogP contribution in [0.2, 0.25) is 5.02 Å². The number of hydrogen-bond donors (Lipinski definition) is 1. The molecule has 7 heteroatoms. The third kappa shape index (κ3) is 3.70. The highest BCUT2D eigenvalue weighted by Gasteiger charge is 2.10. The van der Waals surface area contributed by atoms with E-state index in [-0.39, 0.29) is 24.4 Å². The van der Waals surface area contributed by atoms with Gasteiger partial charge in [0.2, 0.25) is 5.91 Å². The Morgan fingerprint density at radius 1 is 1.31 bits per heavy atom. The summed E-state index contributed by atoms with van der Waals surface area (Å²) in [5.74, 6) is 0.366. The van der Waals surface area contributed by atoms with Gasteiger partial charge >= 0.3 is 0 Å². The molecule has 0 bridgehead atoms. The highest BCUT2D eigenvalue weighted by atomic mass is 35.5. The van der Waals surface area contributed by atoms with Gasteiger partial charge in [0.25, 0.3) is 5.56 Å². The van der Waals surface area contributed by atoms with E-state index >= 15 is 0 Å². The van der Waals surface area contributed by atoms with E-state index in [2.05, 4.69) is 10.3 Å². The normalized spacial score (nSPS) is 10.7. The number of hydrogen-bond acceptors (Lipinski definition) is 4. The number of fused-ring (bicyclic) bond motifs is 1. The molecule has 134 valence electrons.